The molecule has 1 aromatic carbocycles. The third-order valence-electron chi connectivity index (χ3n) is 5.15. The van der Waals surface area contributed by atoms with Crippen LogP contribution in [0, 0.1) is 0 Å². The monoisotopic (exact) mass is 370 g/mol. The summed E-state index contributed by atoms with van der Waals surface area (Å²) in [5.74, 6) is 2.10. The van der Waals surface area contributed by atoms with Crippen LogP contribution in [-0.2, 0) is 4.79 Å². The largest absolute Gasteiger partial charge is 0.355 e. The summed E-state index contributed by atoms with van der Waals surface area (Å²) in [6.45, 7) is 4.74. The van der Waals surface area contributed by atoms with Gasteiger partial charge in [-0.05, 0) is 44.1 Å². The lowest BCUT2D eigenvalue weighted by Gasteiger charge is -2.16. The SMILES string of the molecule is C[C@H](CNC(=O)[C@@H](C)Sc1nnc(C2CC2)n1C1CC1)c1ccccc1. The van der Waals surface area contributed by atoms with E-state index >= 15 is 0 Å². The first-order chi connectivity index (χ1) is 12.6. The maximum atomic E-state index is 12.5. The van der Waals surface area contributed by atoms with Gasteiger partial charge in [-0.2, -0.15) is 0 Å². The number of carbonyl (C=O) groups excluding carboxylic acids is 1. The predicted octanol–water partition coefficient (Wildman–Crippen LogP) is 3.89. The molecule has 2 aliphatic carbocycles. The zero-order valence-corrected chi connectivity index (χ0v) is 16.2. The van der Waals surface area contributed by atoms with Gasteiger partial charge in [0.05, 0.1) is 5.25 Å². The minimum absolute atomic E-state index is 0.0658. The molecule has 0 aliphatic heterocycles. The molecule has 0 saturated heterocycles. The van der Waals surface area contributed by atoms with E-state index in [1.807, 2.05) is 25.1 Å². The number of rotatable bonds is 8. The standard InChI is InChI=1S/C20H26N4OS/c1-13(15-6-4-3-5-7-15)12-21-19(25)14(2)26-20-23-22-18(16-8-9-16)24(20)17-10-11-17/h3-7,13-14,16-17H,8-12H2,1-2H3,(H,21,25)/t13-,14-/m1/s1. The minimum atomic E-state index is -0.174. The molecule has 1 amide bonds. The second-order valence-electron chi connectivity index (χ2n) is 7.53. The first kappa shape index (κ1) is 17.6. The molecule has 2 saturated carbocycles. The molecule has 1 N–H and O–H groups in total. The molecule has 26 heavy (non-hydrogen) atoms. The third-order valence-corrected chi connectivity index (χ3v) is 6.20. The molecule has 0 unspecified atom stereocenters. The Morgan fingerprint density at radius 1 is 1.19 bits per heavy atom. The van der Waals surface area contributed by atoms with Crippen LogP contribution in [0.15, 0.2) is 35.5 Å². The molecule has 5 nitrogen and oxygen atoms in total. The van der Waals surface area contributed by atoms with E-state index < -0.39 is 0 Å². The van der Waals surface area contributed by atoms with Gasteiger partial charge in [0, 0.05) is 18.5 Å². The Labute approximate surface area is 159 Å². The Morgan fingerprint density at radius 2 is 1.92 bits per heavy atom. The van der Waals surface area contributed by atoms with Crippen molar-refractivity contribution in [3.05, 3.63) is 41.7 Å². The Bertz CT molecular complexity index is 767. The average molecular weight is 371 g/mol. The van der Waals surface area contributed by atoms with E-state index in [9.17, 15) is 4.79 Å². The van der Waals surface area contributed by atoms with E-state index in [1.54, 1.807) is 0 Å². The number of nitrogens with one attached hydrogen (secondary N) is 1. The van der Waals surface area contributed by atoms with Crippen LogP contribution >= 0.6 is 11.8 Å². The number of benzene rings is 1. The molecule has 0 radical (unpaired) electrons. The molecule has 138 valence electrons. The number of thioether (sulfide) groups is 1. The second kappa shape index (κ2) is 7.43. The average Bonchev–Trinajstić information content (AvgIpc) is 3.59. The lowest BCUT2D eigenvalue weighted by atomic mass is 10.0. The van der Waals surface area contributed by atoms with Crippen molar-refractivity contribution in [3.63, 3.8) is 0 Å². The minimum Gasteiger partial charge on any atom is -0.355 e. The van der Waals surface area contributed by atoms with Gasteiger partial charge in [0.2, 0.25) is 5.91 Å². The third kappa shape index (κ3) is 3.95. The zero-order chi connectivity index (χ0) is 18.1. The van der Waals surface area contributed by atoms with Crippen molar-refractivity contribution < 1.29 is 4.79 Å². The summed E-state index contributed by atoms with van der Waals surface area (Å²) in [5.41, 5.74) is 1.25. The second-order valence-corrected chi connectivity index (χ2v) is 8.84. The molecule has 2 atom stereocenters. The molecule has 2 fully saturated rings. The van der Waals surface area contributed by atoms with Crippen molar-refractivity contribution in [2.24, 2.45) is 0 Å². The number of nitrogens with zero attached hydrogens (tertiary/aromatic N) is 3. The fourth-order valence-corrected chi connectivity index (χ4v) is 4.12. The van der Waals surface area contributed by atoms with Gasteiger partial charge < -0.3 is 9.88 Å². The van der Waals surface area contributed by atoms with E-state index in [0.29, 0.717) is 24.4 Å². The highest BCUT2D eigenvalue weighted by Crippen LogP contribution is 2.46. The van der Waals surface area contributed by atoms with Gasteiger partial charge in [0.25, 0.3) is 0 Å². The van der Waals surface area contributed by atoms with Crippen LogP contribution in [-0.4, -0.2) is 32.5 Å². The number of hydrogen-bond donors (Lipinski definition) is 1. The van der Waals surface area contributed by atoms with Gasteiger partial charge in [0.1, 0.15) is 5.82 Å². The summed E-state index contributed by atoms with van der Waals surface area (Å²) in [4.78, 5) is 12.5. The molecular weight excluding hydrogens is 344 g/mol. The van der Waals surface area contributed by atoms with Crippen LogP contribution < -0.4 is 5.32 Å². The molecule has 1 heterocycles. The molecule has 1 aromatic heterocycles. The van der Waals surface area contributed by atoms with E-state index in [0.717, 1.165) is 11.0 Å². The highest BCUT2D eigenvalue weighted by atomic mass is 32.2. The number of amides is 1. The predicted molar refractivity (Wildman–Crippen MR) is 103 cm³/mol. The Hall–Kier alpha value is -1.82. The van der Waals surface area contributed by atoms with Crippen LogP contribution in [0.4, 0.5) is 0 Å². The number of carbonyl (C=O) groups is 1. The lowest BCUT2D eigenvalue weighted by molar-refractivity contribution is -0.120. The summed E-state index contributed by atoms with van der Waals surface area (Å²) >= 11 is 1.54. The quantitative estimate of drug-likeness (QED) is 0.716. The van der Waals surface area contributed by atoms with Gasteiger partial charge >= 0.3 is 0 Å². The molecule has 0 bridgehead atoms. The fourth-order valence-electron chi connectivity index (χ4n) is 3.17. The van der Waals surface area contributed by atoms with Crippen molar-refractivity contribution in [1.29, 1.82) is 0 Å². The Balaban J connectivity index is 1.34. The fraction of sp³-hybridized carbons (Fsp3) is 0.550. The first-order valence-corrected chi connectivity index (χ1v) is 10.5. The number of aromatic nitrogens is 3. The van der Waals surface area contributed by atoms with Gasteiger partial charge in [-0.1, -0.05) is 49.0 Å². The molecule has 4 rings (SSSR count). The van der Waals surface area contributed by atoms with Crippen LogP contribution in [0.5, 0.6) is 0 Å². The van der Waals surface area contributed by atoms with Crippen molar-refractivity contribution in [2.45, 2.75) is 67.8 Å². The van der Waals surface area contributed by atoms with Gasteiger partial charge in [-0.3, -0.25) is 4.79 Å². The normalized spacial score (nSPS) is 19.2. The highest BCUT2D eigenvalue weighted by molar-refractivity contribution is 8.00. The summed E-state index contributed by atoms with van der Waals surface area (Å²) in [7, 11) is 0. The Morgan fingerprint density at radius 3 is 2.58 bits per heavy atom. The van der Waals surface area contributed by atoms with Crippen LogP contribution in [0.1, 0.15) is 68.8 Å². The van der Waals surface area contributed by atoms with E-state index in [2.05, 4.69) is 39.1 Å². The van der Waals surface area contributed by atoms with Crippen LogP contribution in [0.2, 0.25) is 0 Å². The smallest absolute Gasteiger partial charge is 0.233 e. The van der Waals surface area contributed by atoms with Crippen molar-refractivity contribution >= 4 is 17.7 Å². The topological polar surface area (TPSA) is 59.8 Å². The Kier molecular flexibility index (Phi) is 5.02. The van der Waals surface area contributed by atoms with Gasteiger partial charge in [-0.15, -0.1) is 10.2 Å². The molecule has 2 aliphatic rings. The van der Waals surface area contributed by atoms with Crippen molar-refractivity contribution in [3.8, 4) is 0 Å². The van der Waals surface area contributed by atoms with Crippen LogP contribution in [0.25, 0.3) is 0 Å². The van der Waals surface area contributed by atoms with Gasteiger partial charge in [0.15, 0.2) is 5.16 Å². The van der Waals surface area contributed by atoms with Crippen LogP contribution in [0.3, 0.4) is 0 Å². The van der Waals surface area contributed by atoms with E-state index in [-0.39, 0.29) is 11.2 Å². The molecule has 6 heteroatoms. The molecular formula is C20H26N4OS. The summed E-state index contributed by atoms with van der Waals surface area (Å²) < 4.78 is 2.30. The lowest BCUT2D eigenvalue weighted by Crippen LogP contribution is -2.33. The highest BCUT2D eigenvalue weighted by Gasteiger charge is 2.37. The molecule has 2 aromatic rings. The van der Waals surface area contributed by atoms with E-state index in [4.69, 9.17) is 0 Å². The summed E-state index contributed by atoms with van der Waals surface area (Å²) in [6.07, 6.45) is 4.87. The number of hydrogen-bond acceptors (Lipinski definition) is 4. The maximum Gasteiger partial charge on any atom is 0.233 e. The maximum absolute atomic E-state index is 12.5. The van der Waals surface area contributed by atoms with Crippen molar-refractivity contribution in [1.82, 2.24) is 20.1 Å². The van der Waals surface area contributed by atoms with E-state index in [1.165, 1.54) is 43.0 Å². The van der Waals surface area contributed by atoms with Crippen molar-refractivity contribution in [2.75, 3.05) is 6.54 Å². The summed E-state index contributed by atoms with van der Waals surface area (Å²) in [6, 6.07) is 10.8. The molecule has 0 spiro atoms. The summed E-state index contributed by atoms with van der Waals surface area (Å²) in [5, 5.41) is 12.7. The first-order valence-electron chi connectivity index (χ1n) is 9.57. The van der Waals surface area contributed by atoms with Gasteiger partial charge in [-0.25, -0.2) is 0 Å². The zero-order valence-electron chi connectivity index (χ0n) is 15.4.